The number of rotatable bonds is 2. The van der Waals surface area contributed by atoms with Crippen LogP contribution in [0.1, 0.15) is 12.0 Å². The van der Waals surface area contributed by atoms with E-state index >= 15 is 0 Å². The van der Waals surface area contributed by atoms with Gasteiger partial charge in [-0.3, -0.25) is 13.4 Å². The molecule has 0 bridgehead atoms. The predicted octanol–water partition coefficient (Wildman–Crippen LogP) is 3.74. The van der Waals surface area contributed by atoms with Crippen molar-refractivity contribution in [3.8, 4) is 17.3 Å². The Balaban J connectivity index is 1.68. The first-order valence-corrected chi connectivity index (χ1v) is 10.1. The van der Waals surface area contributed by atoms with Crippen LogP contribution < -0.4 is 4.31 Å². The summed E-state index contributed by atoms with van der Waals surface area (Å²) in [4.78, 5) is 1.67. The highest BCUT2D eigenvalue weighted by molar-refractivity contribution is 8.23. The second kappa shape index (κ2) is 6.49. The van der Waals surface area contributed by atoms with E-state index in [-0.39, 0.29) is 6.04 Å². The molecular weight excluding hydrogens is 348 g/mol. The van der Waals surface area contributed by atoms with Gasteiger partial charge in [-0.2, -0.15) is 9.57 Å². The lowest BCUT2D eigenvalue weighted by Crippen LogP contribution is -2.47. The Morgan fingerprint density at radius 1 is 1.12 bits per heavy atom. The molecule has 26 heavy (non-hydrogen) atoms. The zero-order chi connectivity index (χ0) is 18.3. The number of hydrogen-bond acceptors (Lipinski definition) is 6. The maximum atomic E-state index is 10.9. The van der Waals surface area contributed by atoms with Crippen LogP contribution in [0.15, 0.2) is 48.5 Å². The van der Waals surface area contributed by atoms with Gasteiger partial charge in [0.25, 0.3) is 0 Å². The summed E-state index contributed by atoms with van der Waals surface area (Å²) in [6.07, 6.45) is 2.91. The molecule has 0 saturated carbocycles. The summed E-state index contributed by atoms with van der Waals surface area (Å²) < 4.78 is 25.2. The molecule has 1 fully saturated rings. The molecule has 0 spiro atoms. The first kappa shape index (κ1) is 17.2. The summed E-state index contributed by atoms with van der Waals surface area (Å²) >= 11 is 0. The molecule has 136 valence electrons. The second-order valence-corrected chi connectivity index (χ2v) is 8.76. The molecule has 1 saturated heterocycles. The van der Waals surface area contributed by atoms with Gasteiger partial charge in [-0.05, 0) is 29.2 Å². The van der Waals surface area contributed by atoms with E-state index in [0.717, 1.165) is 28.8 Å². The molecule has 7 heteroatoms. The minimum atomic E-state index is -3.10. The van der Waals surface area contributed by atoms with Crippen molar-refractivity contribution in [1.29, 1.82) is 5.26 Å². The van der Waals surface area contributed by atoms with Crippen LogP contribution in [0.5, 0.6) is 0 Å². The Hall–Kier alpha value is -2.24. The fourth-order valence-electron chi connectivity index (χ4n) is 3.74. The average Bonchev–Trinajstić information content (AvgIpc) is 3.14. The Morgan fingerprint density at radius 3 is 2.58 bits per heavy atom. The van der Waals surface area contributed by atoms with Crippen molar-refractivity contribution in [2.75, 3.05) is 24.4 Å². The van der Waals surface area contributed by atoms with Crippen molar-refractivity contribution in [1.82, 2.24) is 9.21 Å². The van der Waals surface area contributed by atoms with Crippen LogP contribution >= 0.6 is 11.0 Å². The molecule has 2 N–H and O–H groups in total. The van der Waals surface area contributed by atoms with Gasteiger partial charge in [-0.25, -0.2) is 0 Å². The Morgan fingerprint density at radius 2 is 1.88 bits per heavy atom. The summed E-state index contributed by atoms with van der Waals surface area (Å²) in [5.41, 5.74) is 4.06. The van der Waals surface area contributed by atoms with E-state index in [4.69, 9.17) is 5.26 Å². The molecule has 2 heterocycles. The van der Waals surface area contributed by atoms with E-state index in [1.807, 2.05) is 36.4 Å². The highest BCUT2D eigenvalue weighted by atomic mass is 32.3. The van der Waals surface area contributed by atoms with E-state index in [1.54, 1.807) is 20.6 Å². The summed E-state index contributed by atoms with van der Waals surface area (Å²) in [5, 5.41) is 9.09. The molecule has 2 aliphatic heterocycles. The van der Waals surface area contributed by atoms with Gasteiger partial charge in [0.1, 0.15) is 0 Å². The minimum Gasteiger partial charge on any atom is -0.309 e. The normalized spacial score (nSPS) is 23.4. The van der Waals surface area contributed by atoms with Crippen molar-refractivity contribution in [2.24, 2.45) is 0 Å². The molecule has 1 atom stereocenters. The first-order valence-electron chi connectivity index (χ1n) is 8.62. The Labute approximate surface area is 155 Å². The predicted molar refractivity (Wildman–Crippen MR) is 104 cm³/mol. The van der Waals surface area contributed by atoms with Crippen molar-refractivity contribution in [3.63, 3.8) is 0 Å². The van der Waals surface area contributed by atoms with E-state index in [9.17, 15) is 9.11 Å². The van der Waals surface area contributed by atoms with Gasteiger partial charge in [-0.15, -0.1) is 0 Å². The molecular formula is C19H22N4O2S. The van der Waals surface area contributed by atoms with E-state index in [0.29, 0.717) is 19.6 Å². The molecule has 0 aliphatic carbocycles. The van der Waals surface area contributed by atoms with E-state index in [2.05, 4.69) is 18.3 Å². The lowest BCUT2D eigenvalue weighted by molar-refractivity contribution is 0.271. The summed E-state index contributed by atoms with van der Waals surface area (Å²) in [5.74, 6) is 0. The standard InChI is InChI=1S/C19H22N4O2S/c1-21-19-11-16(15-5-3-2-4-6-15)7-8-17(19)12-23(26(21,24)25)18-9-10-22(13-18)14-20/h2-8,11,18,24-25H,9-10,12-13H2,1H3/t18-/m1/s1. The van der Waals surface area contributed by atoms with Crippen LogP contribution in [0.4, 0.5) is 5.69 Å². The number of benzene rings is 2. The van der Waals surface area contributed by atoms with Crippen molar-refractivity contribution < 1.29 is 9.11 Å². The molecule has 2 aromatic rings. The molecule has 2 aromatic carbocycles. The van der Waals surface area contributed by atoms with E-state index < -0.39 is 11.0 Å². The molecule has 6 nitrogen and oxygen atoms in total. The van der Waals surface area contributed by atoms with Crippen molar-refractivity contribution >= 4 is 16.6 Å². The Bertz CT molecular complexity index is 852. The zero-order valence-corrected chi connectivity index (χ0v) is 15.4. The fourth-order valence-corrected chi connectivity index (χ4v) is 5.37. The van der Waals surface area contributed by atoms with Crippen LogP contribution in [-0.2, 0) is 6.54 Å². The van der Waals surface area contributed by atoms with Gasteiger partial charge in [0, 0.05) is 26.7 Å². The summed E-state index contributed by atoms with van der Waals surface area (Å²) in [7, 11) is -1.37. The highest BCUT2D eigenvalue weighted by Crippen LogP contribution is 2.56. The van der Waals surface area contributed by atoms with Gasteiger partial charge in [-0.1, -0.05) is 53.4 Å². The van der Waals surface area contributed by atoms with Crippen LogP contribution in [0.3, 0.4) is 0 Å². The van der Waals surface area contributed by atoms with Crippen LogP contribution in [-0.4, -0.2) is 44.5 Å². The fraction of sp³-hybridized carbons (Fsp3) is 0.316. The third-order valence-electron chi connectivity index (χ3n) is 5.25. The van der Waals surface area contributed by atoms with Crippen LogP contribution in [0.25, 0.3) is 11.1 Å². The molecule has 0 aromatic heterocycles. The highest BCUT2D eigenvalue weighted by Gasteiger charge is 2.41. The maximum absolute atomic E-state index is 10.9. The largest absolute Gasteiger partial charge is 0.309 e. The summed E-state index contributed by atoms with van der Waals surface area (Å²) in [6.45, 7) is 1.68. The number of hydrogen-bond donors (Lipinski definition) is 2. The molecule has 0 amide bonds. The minimum absolute atomic E-state index is 0.0379. The third-order valence-corrected chi connectivity index (χ3v) is 7.24. The zero-order valence-electron chi connectivity index (χ0n) is 14.6. The first-order chi connectivity index (χ1) is 12.5. The maximum Gasteiger partial charge on any atom is 0.179 e. The number of nitrogens with zero attached hydrogens (tertiary/aromatic N) is 4. The monoisotopic (exact) mass is 370 g/mol. The SMILES string of the molecule is CN1c2cc(-c3ccccc3)ccc2CN([C@@H]2CCN(C#N)C2)S1(O)O. The van der Waals surface area contributed by atoms with Gasteiger partial charge >= 0.3 is 0 Å². The molecule has 0 radical (unpaired) electrons. The van der Waals surface area contributed by atoms with Crippen molar-refractivity contribution in [3.05, 3.63) is 54.1 Å². The average molecular weight is 370 g/mol. The smallest absolute Gasteiger partial charge is 0.179 e. The van der Waals surface area contributed by atoms with E-state index in [1.165, 1.54) is 0 Å². The van der Waals surface area contributed by atoms with Crippen LogP contribution in [0.2, 0.25) is 0 Å². The Kier molecular flexibility index (Phi) is 4.29. The quantitative estimate of drug-likeness (QED) is 0.785. The third kappa shape index (κ3) is 2.81. The number of nitriles is 1. The molecule has 2 aliphatic rings. The van der Waals surface area contributed by atoms with Crippen LogP contribution in [0, 0.1) is 11.5 Å². The molecule has 4 rings (SSSR count). The van der Waals surface area contributed by atoms with Gasteiger partial charge in [0.2, 0.25) is 0 Å². The number of likely N-dealkylation sites (tertiary alicyclic amines) is 1. The lowest BCUT2D eigenvalue weighted by Gasteiger charge is -2.54. The number of fused-ring (bicyclic) bond motifs is 1. The summed E-state index contributed by atoms with van der Waals surface area (Å²) in [6, 6.07) is 16.2. The second-order valence-electron chi connectivity index (χ2n) is 6.76. The van der Waals surface area contributed by atoms with Gasteiger partial charge < -0.3 is 4.90 Å². The molecule has 0 unspecified atom stereocenters. The van der Waals surface area contributed by atoms with Gasteiger partial charge in [0.15, 0.2) is 6.19 Å². The topological polar surface area (TPSA) is 74.0 Å². The van der Waals surface area contributed by atoms with Gasteiger partial charge in [0.05, 0.1) is 11.7 Å². The lowest BCUT2D eigenvalue weighted by atomic mass is 10.0. The number of anilines is 1. The van der Waals surface area contributed by atoms with Crippen molar-refractivity contribution in [2.45, 2.75) is 19.0 Å².